The Kier molecular flexibility index (Phi) is 4.75. The number of carboxylic acids is 1. The first-order valence-corrected chi connectivity index (χ1v) is 8.30. The van der Waals surface area contributed by atoms with Gasteiger partial charge in [-0.25, -0.2) is 9.48 Å². The van der Waals surface area contributed by atoms with E-state index >= 15 is 0 Å². The third-order valence-electron chi connectivity index (χ3n) is 4.63. The second-order valence-electron chi connectivity index (χ2n) is 6.41. The van der Waals surface area contributed by atoms with E-state index in [9.17, 15) is 14.4 Å². The number of aromatic nitrogens is 2. The van der Waals surface area contributed by atoms with E-state index in [4.69, 9.17) is 5.11 Å². The van der Waals surface area contributed by atoms with Gasteiger partial charge in [-0.3, -0.25) is 9.59 Å². The largest absolute Gasteiger partial charge is 0.478 e. The fraction of sp³-hybridized carbons (Fsp3) is 0.333. The van der Waals surface area contributed by atoms with Crippen LogP contribution in [0.3, 0.4) is 0 Å². The molecule has 26 heavy (non-hydrogen) atoms. The number of hydrogen-bond acceptors (Lipinski definition) is 4. The number of carbonyl (C=O) groups excluding carboxylic acids is 2. The molecule has 3 rings (SSSR count). The minimum atomic E-state index is -1.04. The van der Waals surface area contributed by atoms with Gasteiger partial charge in [-0.05, 0) is 31.5 Å². The molecular formula is C18H20N4O4. The highest BCUT2D eigenvalue weighted by Gasteiger charge is 2.28. The van der Waals surface area contributed by atoms with Crippen LogP contribution in [0.25, 0.3) is 5.69 Å². The number of rotatable bonds is 4. The number of hydrogen-bond donors (Lipinski definition) is 2. The van der Waals surface area contributed by atoms with Gasteiger partial charge < -0.3 is 15.3 Å². The van der Waals surface area contributed by atoms with Gasteiger partial charge in [-0.1, -0.05) is 6.07 Å². The number of carbonyl (C=O) groups is 3. The lowest BCUT2D eigenvalue weighted by molar-refractivity contribution is -0.137. The molecule has 1 saturated heterocycles. The van der Waals surface area contributed by atoms with Gasteiger partial charge in [0.25, 0.3) is 0 Å². The lowest BCUT2D eigenvalue weighted by atomic mass is 9.95. The quantitative estimate of drug-likeness (QED) is 0.867. The third-order valence-corrected chi connectivity index (χ3v) is 4.63. The molecule has 2 aromatic rings. The molecule has 1 unspecified atom stereocenters. The van der Waals surface area contributed by atoms with E-state index < -0.39 is 5.97 Å². The van der Waals surface area contributed by atoms with E-state index in [-0.39, 0.29) is 29.7 Å². The minimum absolute atomic E-state index is 0.0292. The van der Waals surface area contributed by atoms with Crippen molar-refractivity contribution in [1.82, 2.24) is 14.7 Å². The topological polar surface area (TPSA) is 105 Å². The zero-order valence-corrected chi connectivity index (χ0v) is 14.6. The number of likely N-dealkylation sites (tertiary alicyclic amines) is 1. The van der Waals surface area contributed by atoms with Crippen LogP contribution in [0.1, 0.15) is 28.9 Å². The Labute approximate surface area is 150 Å². The highest BCUT2D eigenvalue weighted by atomic mass is 16.4. The van der Waals surface area contributed by atoms with Gasteiger partial charge in [-0.2, -0.15) is 5.10 Å². The van der Waals surface area contributed by atoms with Crippen molar-refractivity contribution < 1.29 is 19.5 Å². The van der Waals surface area contributed by atoms with Gasteiger partial charge in [-0.15, -0.1) is 0 Å². The molecule has 8 nitrogen and oxygen atoms in total. The Morgan fingerprint density at radius 2 is 2.12 bits per heavy atom. The number of amides is 2. The van der Waals surface area contributed by atoms with Gasteiger partial charge in [0.2, 0.25) is 11.8 Å². The number of carboxylic acid groups (broad SMARTS) is 1. The summed E-state index contributed by atoms with van der Waals surface area (Å²) in [7, 11) is 1.73. The molecule has 8 heteroatoms. The lowest BCUT2D eigenvalue weighted by Crippen LogP contribution is -2.39. The van der Waals surface area contributed by atoms with E-state index in [0.29, 0.717) is 30.0 Å². The fourth-order valence-electron chi connectivity index (χ4n) is 3.01. The highest BCUT2D eigenvalue weighted by molar-refractivity contribution is 5.96. The highest BCUT2D eigenvalue weighted by Crippen LogP contribution is 2.22. The summed E-state index contributed by atoms with van der Waals surface area (Å²) in [6.45, 7) is 2.24. The lowest BCUT2D eigenvalue weighted by Gasteiger charge is -2.27. The zero-order valence-electron chi connectivity index (χ0n) is 14.6. The Morgan fingerprint density at radius 3 is 2.77 bits per heavy atom. The molecule has 0 spiro atoms. The predicted octanol–water partition coefficient (Wildman–Crippen LogP) is 1.69. The zero-order chi connectivity index (χ0) is 18.8. The van der Waals surface area contributed by atoms with Crippen molar-refractivity contribution in [3.8, 4) is 5.69 Å². The minimum Gasteiger partial charge on any atom is -0.478 e. The summed E-state index contributed by atoms with van der Waals surface area (Å²) in [5.41, 5.74) is 1.85. The van der Waals surface area contributed by atoms with Crippen molar-refractivity contribution in [1.29, 1.82) is 0 Å². The summed E-state index contributed by atoms with van der Waals surface area (Å²) in [5, 5.41) is 16.1. The van der Waals surface area contributed by atoms with Crippen molar-refractivity contribution in [2.24, 2.45) is 5.92 Å². The molecule has 1 aromatic heterocycles. The molecule has 1 aliphatic rings. The Bertz CT molecular complexity index is 874. The molecule has 0 bridgehead atoms. The van der Waals surface area contributed by atoms with Crippen LogP contribution in [0.2, 0.25) is 0 Å². The smallest absolute Gasteiger partial charge is 0.339 e. The second-order valence-corrected chi connectivity index (χ2v) is 6.41. The molecular weight excluding hydrogens is 336 g/mol. The number of benzene rings is 1. The average Bonchev–Trinajstić information content (AvgIpc) is 2.99. The summed E-state index contributed by atoms with van der Waals surface area (Å²) in [4.78, 5) is 37.0. The molecule has 1 atom stereocenters. The van der Waals surface area contributed by atoms with Crippen molar-refractivity contribution in [3.63, 3.8) is 0 Å². The molecule has 0 saturated carbocycles. The number of aromatic carboxylic acids is 1. The summed E-state index contributed by atoms with van der Waals surface area (Å²) < 4.78 is 1.51. The van der Waals surface area contributed by atoms with Crippen LogP contribution in [0.15, 0.2) is 30.5 Å². The monoisotopic (exact) mass is 356 g/mol. The number of nitrogens with zero attached hydrogens (tertiary/aromatic N) is 3. The van der Waals surface area contributed by atoms with Crippen molar-refractivity contribution in [2.45, 2.75) is 19.8 Å². The molecule has 1 fully saturated rings. The molecule has 1 aliphatic heterocycles. The van der Waals surface area contributed by atoms with E-state index in [1.54, 1.807) is 43.1 Å². The van der Waals surface area contributed by atoms with E-state index in [2.05, 4.69) is 10.4 Å². The van der Waals surface area contributed by atoms with Gasteiger partial charge >= 0.3 is 5.97 Å². The summed E-state index contributed by atoms with van der Waals surface area (Å²) >= 11 is 0. The van der Waals surface area contributed by atoms with Crippen LogP contribution in [-0.2, 0) is 9.59 Å². The van der Waals surface area contributed by atoms with Crippen LogP contribution in [-0.4, -0.2) is 51.2 Å². The first kappa shape index (κ1) is 17.7. The number of anilines is 1. The standard InChI is InChI=1S/C18H20N4O4/c1-11-15(18(25)26)10-19-22(11)14-5-3-4-13(9-14)20-17(24)12-6-7-21(2)16(23)8-12/h3-5,9-10,12H,6-8H2,1-2H3,(H,20,24)(H,25,26). The van der Waals surface area contributed by atoms with Crippen molar-refractivity contribution in [3.05, 3.63) is 41.7 Å². The van der Waals surface area contributed by atoms with Crippen molar-refractivity contribution >= 4 is 23.5 Å². The fourth-order valence-corrected chi connectivity index (χ4v) is 3.01. The van der Waals surface area contributed by atoms with Crippen LogP contribution in [0.5, 0.6) is 0 Å². The Morgan fingerprint density at radius 1 is 1.35 bits per heavy atom. The normalized spacial score (nSPS) is 17.2. The van der Waals surface area contributed by atoms with E-state index in [1.807, 2.05) is 0 Å². The maximum absolute atomic E-state index is 12.4. The Balaban J connectivity index is 1.77. The summed E-state index contributed by atoms with van der Waals surface area (Å²) in [5.74, 6) is -1.59. The second kappa shape index (κ2) is 6.99. The maximum Gasteiger partial charge on any atom is 0.339 e. The predicted molar refractivity (Wildman–Crippen MR) is 94.3 cm³/mol. The number of piperidine rings is 1. The van der Waals surface area contributed by atoms with Gasteiger partial charge in [0, 0.05) is 31.6 Å². The summed E-state index contributed by atoms with van der Waals surface area (Å²) in [6.07, 6.45) is 2.14. The first-order chi connectivity index (χ1) is 12.4. The Hall–Kier alpha value is -3.16. The molecule has 2 amide bonds. The molecule has 2 heterocycles. The number of nitrogens with one attached hydrogen (secondary N) is 1. The van der Waals surface area contributed by atoms with Crippen LogP contribution in [0, 0.1) is 12.8 Å². The third kappa shape index (κ3) is 3.44. The van der Waals surface area contributed by atoms with Crippen molar-refractivity contribution in [2.75, 3.05) is 18.9 Å². The molecule has 2 N–H and O–H groups in total. The van der Waals surface area contributed by atoms with Crippen LogP contribution < -0.4 is 5.32 Å². The van der Waals surface area contributed by atoms with Crippen LogP contribution >= 0.6 is 0 Å². The van der Waals surface area contributed by atoms with Gasteiger partial charge in [0.15, 0.2) is 0 Å². The summed E-state index contributed by atoms with van der Waals surface area (Å²) in [6, 6.07) is 7.00. The van der Waals surface area contributed by atoms with Gasteiger partial charge in [0.05, 0.1) is 17.6 Å². The van der Waals surface area contributed by atoms with Crippen LogP contribution in [0.4, 0.5) is 5.69 Å². The van der Waals surface area contributed by atoms with E-state index in [0.717, 1.165) is 0 Å². The average molecular weight is 356 g/mol. The molecule has 0 radical (unpaired) electrons. The van der Waals surface area contributed by atoms with E-state index in [1.165, 1.54) is 10.9 Å². The molecule has 136 valence electrons. The maximum atomic E-state index is 12.4. The first-order valence-electron chi connectivity index (χ1n) is 8.30. The SMILES string of the molecule is Cc1c(C(=O)O)cnn1-c1cccc(NC(=O)C2CCN(C)C(=O)C2)c1. The van der Waals surface area contributed by atoms with Gasteiger partial charge in [0.1, 0.15) is 5.56 Å². The molecule has 1 aromatic carbocycles. The molecule has 0 aliphatic carbocycles.